The minimum atomic E-state index is -0.522. The average molecular weight is 487 g/mol. The second-order valence-corrected chi connectivity index (χ2v) is 15.6. The largest absolute Gasteiger partial charge is 0.427 e. The van der Waals surface area contributed by atoms with Gasteiger partial charge in [-0.2, -0.15) is 0 Å². The molecule has 0 saturated carbocycles. The van der Waals surface area contributed by atoms with Crippen molar-refractivity contribution in [2.45, 2.75) is 31.0 Å². The Balaban J connectivity index is 1.56. The quantitative estimate of drug-likeness (QED) is 0.166. The molecule has 0 amide bonds. The van der Waals surface area contributed by atoms with Crippen LogP contribution in [0.5, 0.6) is 0 Å². The van der Waals surface area contributed by atoms with E-state index in [1.54, 1.807) is 0 Å². The zero-order chi connectivity index (χ0) is 19.7. The van der Waals surface area contributed by atoms with E-state index in [4.69, 9.17) is 8.85 Å². The SMILES string of the molecule is CO[SiH2]CCCSSSSCCC[SiH2]OC(c1ccccc1)c1ccccc1. The van der Waals surface area contributed by atoms with Gasteiger partial charge in [-0.05, 0) is 55.7 Å². The van der Waals surface area contributed by atoms with E-state index in [9.17, 15) is 0 Å². The first kappa shape index (κ1) is 24.5. The van der Waals surface area contributed by atoms with Crippen LogP contribution in [0, 0.1) is 0 Å². The van der Waals surface area contributed by atoms with Crippen molar-refractivity contribution in [2.75, 3.05) is 18.6 Å². The molecule has 2 aromatic rings. The Morgan fingerprint density at radius 3 is 1.75 bits per heavy atom. The van der Waals surface area contributed by atoms with Crippen LogP contribution < -0.4 is 0 Å². The van der Waals surface area contributed by atoms with Crippen LogP contribution in [0.1, 0.15) is 30.1 Å². The Morgan fingerprint density at radius 2 is 1.25 bits per heavy atom. The van der Waals surface area contributed by atoms with E-state index >= 15 is 0 Å². The van der Waals surface area contributed by atoms with Crippen LogP contribution in [-0.4, -0.2) is 38.1 Å². The number of hydrogen-bond donors (Lipinski definition) is 0. The number of benzene rings is 2. The molecule has 28 heavy (non-hydrogen) atoms. The molecular weight excluding hydrogens is 457 g/mol. The van der Waals surface area contributed by atoms with Crippen molar-refractivity contribution in [1.29, 1.82) is 0 Å². The molecule has 0 bridgehead atoms. The normalized spacial score (nSPS) is 12.1. The van der Waals surface area contributed by atoms with Crippen LogP contribution >= 0.6 is 41.2 Å². The summed E-state index contributed by atoms with van der Waals surface area (Å²) >= 11 is 0. The van der Waals surface area contributed by atoms with Crippen molar-refractivity contribution in [3.63, 3.8) is 0 Å². The van der Waals surface area contributed by atoms with Gasteiger partial charge >= 0.3 is 0 Å². The molecule has 0 aliphatic carbocycles. The highest BCUT2D eigenvalue weighted by Crippen LogP contribution is 2.43. The average Bonchev–Trinajstić information content (AvgIpc) is 2.75. The monoisotopic (exact) mass is 486 g/mol. The van der Waals surface area contributed by atoms with Crippen molar-refractivity contribution in [1.82, 2.24) is 0 Å². The molecule has 0 spiro atoms. The van der Waals surface area contributed by atoms with Gasteiger partial charge in [0.05, 0.1) is 6.10 Å². The lowest BCUT2D eigenvalue weighted by Gasteiger charge is -2.19. The van der Waals surface area contributed by atoms with E-state index < -0.39 is 9.76 Å². The Morgan fingerprint density at radius 1 is 0.750 bits per heavy atom. The molecule has 0 aliphatic rings. The zero-order valence-electron chi connectivity index (χ0n) is 16.5. The fraction of sp³-hybridized carbons (Fsp3) is 0.400. The van der Waals surface area contributed by atoms with E-state index in [0.29, 0.717) is 0 Å². The summed E-state index contributed by atoms with van der Waals surface area (Å²) in [5.41, 5.74) is 2.51. The first-order valence-electron chi connectivity index (χ1n) is 9.70. The molecule has 0 saturated heterocycles. The molecule has 0 fully saturated rings. The molecule has 2 aromatic carbocycles. The highest BCUT2D eigenvalue weighted by atomic mass is 33.7. The van der Waals surface area contributed by atoms with E-state index in [1.807, 2.05) is 48.3 Å². The van der Waals surface area contributed by atoms with Gasteiger partial charge in [0.15, 0.2) is 19.5 Å². The van der Waals surface area contributed by atoms with E-state index in [-0.39, 0.29) is 15.9 Å². The number of hydrogen-bond acceptors (Lipinski definition) is 6. The van der Waals surface area contributed by atoms with Crippen LogP contribution in [0.25, 0.3) is 0 Å². The van der Waals surface area contributed by atoms with Gasteiger partial charge in [-0.15, -0.1) is 0 Å². The molecule has 0 unspecified atom stereocenters. The second kappa shape index (κ2) is 16.9. The maximum absolute atomic E-state index is 6.41. The third kappa shape index (κ3) is 10.8. The number of rotatable bonds is 16. The molecule has 0 heterocycles. The molecule has 154 valence electrons. The molecular formula is C20H30O2S4Si2. The summed E-state index contributed by atoms with van der Waals surface area (Å²) in [6, 6.07) is 23.7. The highest BCUT2D eigenvalue weighted by molar-refractivity contribution is 9.26. The Hall–Kier alpha value is 0.194. The summed E-state index contributed by atoms with van der Waals surface area (Å²) in [5, 5.41) is 0. The zero-order valence-corrected chi connectivity index (χ0v) is 22.6. The van der Waals surface area contributed by atoms with Crippen LogP contribution in [0.3, 0.4) is 0 Å². The summed E-state index contributed by atoms with van der Waals surface area (Å²) in [6.07, 6.45) is 2.64. The minimum absolute atomic E-state index is 0.0872. The molecule has 0 N–H and O–H groups in total. The summed E-state index contributed by atoms with van der Waals surface area (Å²) < 4.78 is 11.6. The van der Waals surface area contributed by atoms with Crippen LogP contribution in [0.4, 0.5) is 0 Å². The van der Waals surface area contributed by atoms with Gasteiger partial charge < -0.3 is 8.85 Å². The third-order valence-electron chi connectivity index (χ3n) is 4.06. The van der Waals surface area contributed by atoms with Crippen molar-refractivity contribution in [2.24, 2.45) is 0 Å². The van der Waals surface area contributed by atoms with Gasteiger partial charge in [-0.3, -0.25) is 0 Å². The maximum atomic E-state index is 6.41. The molecule has 2 rings (SSSR count). The lowest BCUT2D eigenvalue weighted by atomic mass is 10.0. The topological polar surface area (TPSA) is 18.5 Å². The van der Waals surface area contributed by atoms with Gasteiger partial charge in [0, 0.05) is 18.6 Å². The fourth-order valence-corrected chi connectivity index (χ4v) is 11.6. The van der Waals surface area contributed by atoms with Gasteiger partial charge in [0.25, 0.3) is 0 Å². The van der Waals surface area contributed by atoms with Crippen molar-refractivity contribution in [3.05, 3.63) is 71.8 Å². The van der Waals surface area contributed by atoms with Gasteiger partial charge in [-0.1, -0.05) is 82.3 Å². The molecule has 0 atom stereocenters. The maximum Gasteiger partial charge on any atom is 0.162 e. The van der Waals surface area contributed by atoms with Crippen molar-refractivity contribution in [3.8, 4) is 0 Å². The lowest BCUT2D eigenvalue weighted by molar-refractivity contribution is 0.260. The summed E-state index contributed by atoms with van der Waals surface area (Å²) in [6.45, 7) is 0. The molecule has 2 nitrogen and oxygen atoms in total. The van der Waals surface area contributed by atoms with Gasteiger partial charge in [-0.25, -0.2) is 0 Å². The Kier molecular flexibility index (Phi) is 14.8. The van der Waals surface area contributed by atoms with E-state index in [2.05, 4.69) is 60.7 Å². The first-order valence-corrected chi connectivity index (χ1v) is 18.0. The predicted octanol–water partition coefficient (Wildman–Crippen LogP) is 5.90. The summed E-state index contributed by atoms with van der Waals surface area (Å²) in [4.78, 5) is 0. The standard InChI is InChI=1S/C20H30O2S4Si2/c1-21-27-16-8-14-23-25-26-24-15-9-17-28-22-20(18-10-4-2-5-11-18)19-12-6-3-7-13-19/h2-7,10-13,20H,8-9,14-17,27-28H2,1H3. The van der Waals surface area contributed by atoms with E-state index in [0.717, 1.165) is 0 Å². The molecule has 0 radical (unpaired) electrons. The Labute approximate surface area is 190 Å². The van der Waals surface area contributed by atoms with Gasteiger partial charge in [0.1, 0.15) is 0 Å². The summed E-state index contributed by atoms with van der Waals surface area (Å²) in [5.74, 6) is 2.46. The third-order valence-corrected chi connectivity index (χ3v) is 13.3. The molecule has 0 aromatic heterocycles. The van der Waals surface area contributed by atoms with Crippen molar-refractivity contribution >= 4 is 60.8 Å². The highest BCUT2D eigenvalue weighted by Gasteiger charge is 2.13. The first-order chi connectivity index (χ1) is 13.9. The molecule has 8 heteroatoms. The van der Waals surface area contributed by atoms with Crippen LogP contribution in [-0.2, 0) is 8.85 Å². The van der Waals surface area contributed by atoms with Crippen LogP contribution in [0.15, 0.2) is 60.7 Å². The van der Waals surface area contributed by atoms with E-state index in [1.165, 1.54) is 47.6 Å². The minimum Gasteiger partial charge on any atom is -0.427 e. The fourth-order valence-electron chi connectivity index (χ4n) is 2.62. The van der Waals surface area contributed by atoms with Crippen LogP contribution in [0.2, 0.25) is 12.1 Å². The summed E-state index contributed by atoms with van der Waals surface area (Å²) in [7, 11) is 8.91. The van der Waals surface area contributed by atoms with Gasteiger partial charge in [0.2, 0.25) is 0 Å². The second-order valence-electron chi connectivity index (χ2n) is 6.26. The van der Waals surface area contributed by atoms with Crippen molar-refractivity contribution < 1.29 is 8.85 Å². The lowest BCUT2D eigenvalue weighted by Crippen LogP contribution is -2.09. The smallest absolute Gasteiger partial charge is 0.162 e. The molecule has 0 aliphatic heterocycles. The Bertz CT molecular complexity index is 568. The predicted molar refractivity (Wildman–Crippen MR) is 139 cm³/mol.